The molecule has 0 aliphatic rings. The summed E-state index contributed by atoms with van der Waals surface area (Å²) in [5, 5.41) is 4.49. The normalized spacial score (nSPS) is 12.9. The Morgan fingerprint density at radius 2 is 2.11 bits per heavy atom. The third-order valence-electron chi connectivity index (χ3n) is 1.65. The highest BCUT2D eigenvalue weighted by atomic mass is 35.5. The van der Waals surface area contributed by atoms with Crippen molar-refractivity contribution in [2.24, 2.45) is 0 Å². The fourth-order valence-corrected chi connectivity index (χ4v) is 1.98. The van der Waals surface area contributed by atoms with E-state index in [2.05, 4.69) is 15.7 Å². The predicted octanol–water partition coefficient (Wildman–Crippen LogP) is 2.21. The molecule has 1 rings (SSSR count). The van der Waals surface area contributed by atoms with Crippen molar-refractivity contribution in [2.75, 3.05) is 11.7 Å². The minimum Gasteiger partial charge on any atom is -0.436 e. The van der Waals surface area contributed by atoms with E-state index in [9.17, 15) is 14.3 Å². The molecule has 8 heteroatoms. The van der Waals surface area contributed by atoms with E-state index in [-0.39, 0.29) is 6.61 Å². The fourth-order valence-electron chi connectivity index (χ4n) is 0.991. The summed E-state index contributed by atoms with van der Waals surface area (Å²) in [6.07, 6.45) is 3.78. The van der Waals surface area contributed by atoms with E-state index in [1.807, 2.05) is 0 Å². The van der Waals surface area contributed by atoms with Gasteiger partial charge in [-0.05, 0) is 24.3 Å². The zero-order valence-corrected chi connectivity index (χ0v) is 10.7. The maximum atomic E-state index is 11.6. The molecule has 0 saturated carbocycles. The van der Waals surface area contributed by atoms with E-state index >= 15 is 0 Å². The van der Waals surface area contributed by atoms with Crippen LogP contribution >= 0.6 is 19.3 Å². The van der Waals surface area contributed by atoms with Gasteiger partial charge in [-0.3, -0.25) is 5.09 Å². The third-order valence-corrected chi connectivity index (χ3v) is 2.95. The zero-order chi connectivity index (χ0) is 13.6. The van der Waals surface area contributed by atoms with Gasteiger partial charge in [0.15, 0.2) is 6.61 Å². The molecule has 1 unspecified atom stereocenters. The SMILES string of the molecule is C#CCOC(=O)NP(=O)(O)Nc1ccc(Cl)cc1. The molecule has 1 aromatic rings. The van der Waals surface area contributed by atoms with Crippen LogP contribution in [0.1, 0.15) is 0 Å². The summed E-state index contributed by atoms with van der Waals surface area (Å²) in [6, 6.07) is 6.03. The molecule has 1 amide bonds. The number of halogens is 1. The van der Waals surface area contributed by atoms with Crippen LogP contribution in [0.5, 0.6) is 0 Å². The molecule has 0 bridgehead atoms. The smallest absolute Gasteiger partial charge is 0.416 e. The number of hydrogen-bond donors (Lipinski definition) is 3. The molecular weight excluding hydrogens is 279 g/mol. The van der Waals surface area contributed by atoms with Crippen LogP contribution in [0.3, 0.4) is 0 Å². The molecule has 6 nitrogen and oxygen atoms in total. The summed E-state index contributed by atoms with van der Waals surface area (Å²) in [6.45, 7) is -0.285. The van der Waals surface area contributed by atoms with Crippen LogP contribution < -0.4 is 10.2 Å². The molecule has 1 aromatic carbocycles. The third kappa shape index (κ3) is 5.11. The molecule has 0 radical (unpaired) electrons. The van der Waals surface area contributed by atoms with Crippen LogP contribution in [-0.4, -0.2) is 17.6 Å². The van der Waals surface area contributed by atoms with E-state index in [0.29, 0.717) is 10.7 Å². The summed E-state index contributed by atoms with van der Waals surface area (Å²) >= 11 is 5.66. The van der Waals surface area contributed by atoms with Gasteiger partial charge in [0.2, 0.25) is 0 Å². The van der Waals surface area contributed by atoms with E-state index in [0.717, 1.165) is 0 Å². The lowest BCUT2D eigenvalue weighted by atomic mass is 10.3. The minimum atomic E-state index is -4.11. The quantitative estimate of drug-likeness (QED) is 0.584. The average molecular weight is 289 g/mol. The molecule has 3 N–H and O–H groups in total. The molecule has 1 atom stereocenters. The minimum absolute atomic E-state index is 0.285. The number of anilines is 1. The molecule has 18 heavy (non-hydrogen) atoms. The Hall–Kier alpha value is -1.67. The number of rotatable bonds is 4. The highest BCUT2D eigenvalue weighted by molar-refractivity contribution is 7.58. The summed E-state index contributed by atoms with van der Waals surface area (Å²) in [5.74, 6) is 2.05. The lowest BCUT2D eigenvalue weighted by Gasteiger charge is -2.14. The second-order valence-electron chi connectivity index (χ2n) is 3.09. The lowest BCUT2D eigenvalue weighted by molar-refractivity contribution is 0.165. The molecular formula is C10H10ClN2O4P. The molecule has 0 heterocycles. The second kappa shape index (κ2) is 6.31. The van der Waals surface area contributed by atoms with E-state index in [1.54, 1.807) is 5.09 Å². The molecule has 0 fully saturated rings. The van der Waals surface area contributed by atoms with Crippen molar-refractivity contribution in [3.63, 3.8) is 0 Å². The van der Waals surface area contributed by atoms with Gasteiger partial charge in [-0.1, -0.05) is 17.5 Å². The number of benzene rings is 1. The molecule has 0 spiro atoms. The van der Waals surface area contributed by atoms with Crippen LogP contribution in [0, 0.1) is 12.3 Å². The summed E-state index contributed by atoms with van der Waals surface area (Å²) in [7, 11) is -4.11. The van der Waals surface area contributed by atoms with E-state index in [1.165, 1.54) is 24.3 Å². The van der Waals surface area contributed by atoms with Gasteiger partial charge in [-0.15, -0.1) is 6.42 Å². The maximum absolute atomic E-state index is 11.6. The fraction of sp³-hybridized carbons (Fsp3) is 0.100. The van der Waals surface area contributed by atoms with Crippen LogP contribution in [0.25, 0.3) is 0 Å². The van der Waals surface area contributed by atoms with Gasteiger partial charge >= 0.3 is 13.8 Å². The summed E-state index contributed by atoms with van der Waals surface area (Å²) < 4.78 is 16.0. The van der Waals surface area contributed by atoms with Crippen LogP contribution in [-0.2, 0) is 9.30 Å². The Morgan fingerprint density at radius 1 is 1.50 bits per heavy atom. The first-order chi connectivity index (χ1) is 8.43. The average Bonchev–Trinajstić information content (AvgIpc) is 2.28. The molecule has 0 aliphatic heterocycles. The topological polar surface area (TPSA) is 87.7 Å². The number of carbonyl (C=O) groups excluding carboxylic acids is 1. The van der Waals surface area contributed by atoms with E-state index in [4.69, 9.17) is 18.0 Å². The number of nitrogens with one attached hydrogen (secondary N) is 2. The number of ether oxygens (including phenoxy) is 1. The molecule has 0 aliphatic carbocycles. The zero-order valence-electron chi connectivity index (χ0n) is 9.09. The van der Waals surface area contributed by atoms with Crippen LogP contribution in [0.4, 0.5) is 10.5 Å². The largest absolute Gasteiger partial charge is 0.436 e. The monoisotopic (exact) mass is 288 g/mol. The van der Waals surface area contributed by atoms with Crippen molar-refractivity contribution < 1.29 is 19.0 Å². The van der Waals surface area contributed by atoms with E-state index < -0.39 is 13.8 Å². The first kappa shape index (κ1) is 14.4. The number of amides is 1. The predicted molar refractivity (Wildman–Crippen MR) is 68.2 cm³/mol. The lowest BCUT2D eigenvalue weighted by Crippen LogP contribution is -2.24. The van der Waals surface area contributed by atoms with Gasteiger partial charge in [0.05, 0.1) is 0 Å². The highest BCUT2D eigenvalue weighted by Crippen LogP contribution is 2.36. The Labute approximate surface area is 109 Å². The number of hydrogen-bond acceptors (Lipinski definition) is 3. The van der Waals surface area contributed by atoms with Crippen LogP contribution in [0.15, 0.2) is 24.3 Å². The van der Waals surface area contributed by atoms with Gasteiger partial charge in [0.25, 0.3) is 0 Å². The Morgan fingerprint density at radius 3 is 2.67 bits per heavy atom. The van der Waals surface area contributed by atoms with Crippen molar-refractivity contribution >= 4 is 31.1 Å². The highest BCUT2D eigenvalue weighted by Gasteiger charge is 2.21. The molecule has 0 aromatic heterocycles. The van der Waals surface area contributed by atoms with Gasteiger partial charge in [0, 0.05) is 10.7 Å². The van der Waals surface area contributed by atoms with Gasteiger partial charge < -0.3 is 9.63 Å². The summed E-state index contributed by atoms with van der Waals surface area (Å²) in [4.78, 5) is 20.5. The maximum Gasteiger partial charge on any atom is 0.416 e. The van der Waals surface area contributed by atoms with Crippen molar-refractivity contribution in [1.29, 1.82) is 0 Å². The Balaban J connectivity index is 2.59. The van der Waals surface area contributed by atoms with Crippen molar-refractivity contribution in [3.8, 4) is 12.3 Å². The molecule has 0 saturated heterocycles. The van der Waals surface area contributed by atoms with Gasteiger partial charge in [-0.25, -0.2) is 14.4 Å². The van der Waals surface area contributed by atoms with Gasteiger partial charge in [0.1, 0.15) is 0 Å². The molecule has 96 valence electrons. The first-order valence-electron chi connectivity index (χ1n) is 4.68. The van der Waals surface area contributed by atoms with Crippen molar-refractivity contribution in [2.45, 2.75) is 0 Å². The number of carbonyl (C=O) groups is 1. The first-order valence-corrected chi connectivity index (χ1v) is 6.72. The van der Waals surface area contributed by atoms with Crippen LogP contribution in [0.2, 0.25) is 5.02 Å². The van der Waals surface area contributed by atoms with Gasteiger partial charge in [-0.2, -0.15) is 0 Å². The Bertz CT molecular complexity index is 512. The summed E-state index contributed by atoms with van der Waals surface area (Å²) in [5.41, 5.74) is 0.322. The number of terminal acetylenes is 1. The van der Waals surface area contributed by atoms with Crippen molar-refractivity contribution in [1.82, 2.24) is 5.09 Å². The Kier molecular flexibility index (Phi) is 5.05. The standard InChI is InChI=1S/C10H10ClN2O4P/c1-2-7-17-10(14)13-18(15,16)12-9-5-3-8(11)4-6-9/h1,3-6H,7H2,(H3,12,13,14,15,16). The second-order valence-corrected chi connectivity index (χ2v) is 5.12. The van der Waals surface area contributed by atoms with Crippen molar-refractivity contribution in [3.05, 3.63) is 29.3 Å².